The molecule has 0 saturated heterocycles. The average Bonchev–Trinajstić information content (AvgIpc) is 2.91. The second-order valence-corrected chi connectivity index (χ2v) is 5.01. The topological polar surface area (TPSA) is 41.1 Å². The molecule has 1 heterocycles. The molecule has 0 aliphatic carbocycles. The third-order valence-electron chi connectivity index (χ3n) is 2.60. The highest BCUT2D eigenvalue weighted by molar-refractivity contribution is 7.10. The molecule has 1 unspecified atom stereocenters. The molecule has 1 amide bonds. The Balaban J connectivity index is 1.79. The maximum atomic E-state index is 11.7. The van der Waals surface area contributed by atoms with Crippen LogP contribution < -0.4 is 10.6 Å². The van der Waals surface area contributed by atoms with Crippen molar-refractivity contribution in [3.05, 3.63) is 52.7 Å². The molecule has 1 atom stereocenters. The fourth-order valence-electron chi connectivity index (χ4n) is 1.61. The fraction of sp³-hybridized carbons (Fsp3) is 0.214. The van der Waals surface area contributed by atoms with E-state index in [4.69, 9.17) is 0 Å². The van der Waals surface area contributed by atoms with Crippen LogP contribution in [0.1, 0.15) is 17.8 Å². The molecule has 2 aromatic rings. The molecule has 3 nitrogen and oxygen atoms in total. The van der Waals surface area contributed by atoms with Crippen molar-refractivity contribution < 1.29 is 4.79 Å². The lowest BCUT2D eigenvalue weighted by Crippen LogP contribution is -2.29. The molecule has 18 heavy (non-hydrogen) atoms. The number of benzene rings is 1. The molecule has 2 rings (SSSR count). The van der Waals surface area contributed by atoms with Crippen LogP contribution in [0.25, 0.3) is 0 Å². The van der Waals surface area contributed by atoms with E-state index in [0.29, 0.717) is 6.54 Å². The molecule has 0 bridgehead atoms. The van der Waals surface area contributed by atoms with Crippen LogP contribution in [-0.2, 0) is 4.79 Å². The van der Waals surface area contributed by atoms with Gasteiger partial charge in [-0.3, -0.25) is 4.79 Å². The first-order valence-corrected chi connectivity index (χ1v) is 6.75. The van der Waals surface area contributed by atoms with Crippen molar-refractivity contribution in [1.29, 1.82) is 0 Å². The fourth-order valence-corrected chi connectivity index (χ4v) is 2.37. The molecule has 0 aliphatic rings. The predicted molar refractivity (Wildman–Crippen MR) is 75.8 cm³/mol. The van der Waals surface area contributed by atoms with Crippen molar-refractivity contribution in [3.8, 4) is 0 Å². The number of para-hydroxylation sites is 1. The number of hydrogen-bond acceptors (Lipinski definition) is 3. The lowest BCUT2D eigenvalue weighted by atomic mass is 10.2. The van der Waals surface area contributed by atoms with Crippen molar-refractivity contribution in [3.63, 3.8) is 0 Å². The highest BCUT2D eigenvalue weighted by atomic mass is 32.1. The summed E-state index contributed by atoms with van der Waals surface area (Å²) in [5.74, 6) is -0.0235. The summed E-state index contributed by atoms with van der Waals surface area (Å²) in [4.78, 5) is 13.0. The van der Waals surface area contributed by atoms with Crippen molar-refractivity contribution in [1.82, 2.24) is 5.32 Å². The Hall–Kier alpha value is -1.65. The van der Waals surface area contributed by atoms with Crippen LogP contribution in [0.2, 0.25) is 0 Å². The zero-order valence-electron chi connectivity index (χ0n) is 10.2. The van der Waals surface area contributed by atoms with Gasteiger partial charge in [0.25, 0.3) is 0 Å². The summed E-state index contributed by atoms with van der Waals surface area (Å²) in [6.07, 6.45) is 0. The lowest BCUT2D eigenvalue weighted by Gasteiger charge is -2.12. The van der Waals surface area contributed by atoms with Crippen molar-refractivity contribution >= 4 is 22.9 Å². The second kappa shape index (κ2) is 6.33. The van der Waals surface area contributed by atoms with Gasteiger partial charge in [-0.25, -0.2) is 0 Å². The smallest absolute Gasteiger partial charge is 0.238 e. The lowest BCUT2D eigenvalue weighted by molar-refractivity contribution is -0.115. The Morgan fingerprint density at radius 3 is 2.67 bits per heavy atom. The van der Waals surface area contributed by atoms with E-state index in [1.807, 2.05) is 41.8 Å². The van der Waals surface area contributed by atoms with E-state index in [1.165, 1.54) is 4.88 Å². The van der Waals surface area contributed by atoms with Crippen LogP contribution in [0.3, 0.4) is 0 Å². The van der Waals surface area contributed by atoms with Gasteiger partial charge in [0.05, 0.1) is 6.54 Å². The Labute approximate surface area is 111 Å². The molecule has 1 aromatic carbocycles. The number of amides is 1. The standard InChI is InChI=1S/C14H16N2OS/c1-11(13-8-5-9-18-13)15-10-14(17)16-12-6-3-2-4-7-12/h2-9,11,15H,10H2,1H3,(H,16,17). The molecule has 1 aromatic heterocycles. The molecule has 2 N–H and O–H groups in total. The molecule has 4 heteroatoms. The summed E-state index contributed by atoms with van der Waals surface area (Å²) in [7, 11) is 0. The number of nitrogens with one attached hydrogen (secondary N) is 2. The van der Waals surface area contributed by atoms with Crippen molar-refractivity contribution in [2.75, 3.05) is 11.9 Å². The first-order valence-electron chi connectivity index (χ1n) is 5.87. The second-order valence-electron chi connectivity index (χ2n) is 4.03. The van der Waals surface area contributed by atoms with E-state index in [0.717, 1.165) is 5.69 Å². The van der Waals surface area contributed by atoms with E-state index in [-0.39, 0.29) is 11.9 Å². The number of carbonyl (C=O) groups is 1. The maximum absolute atomic E-state index is 11.7. The van der Waals surface area contributed by atoms with Gasteiger partial charge in [-0.1, -0.05) is 24.3 Å². The molecular weight excluding hydrogens is 244 g/mol. The van der Waals surface area contributed by atoms with Crippen LogP contribution >= 0.6 is 11.3 Å². The third-order valence-corrected chi connectivity index (χ3v) is 3.65. The minimum absolute atomic E-state index is 0.0235. The normalized spacial score (nSPS) is 12.1. The summed E-state index contributed by atoms with van der Waals surface area (Å²) in [5.41, 5.74) is 0.827. The van der Waals surface area contributed by atoms with Gasteiger partial charge in [0.1, 0.15) is 0 Å². The van der Waals surface area contributed by atoms with Crippen LogP contribution in [0.15, 0.2) is 47.8 Å². The minimum Gasteiger partial charge on any atom is -0.325 e. The summed E-state index contributed by atoms with van der Waals surface area (Å²) >= 11 is 1.69. The molecule has 0 saturated carbocycles. The number of rotatable bonds is 5. The molecular formula is C14H16N2OS. The minimum atomic E-state index is -0.0235. The monoisotopic (exact) mass is 260 g/mol. The van der Waals surface area contributed by atoms with E-state index in [9.17, 15) is 4.79 Å². The number of carbonyl (C=O) groups excluding carboxylic acids is 1. The van der Waals surface area contributed by atoms with Gasteiger partial charge in [-0.15, -0.1) is 11.3 Å². The number of hydrogen-bond donors (Lipinski definition) is 2. The molecule has 94 valence electrons. The highest BCUT2D eigenvalue weighted by Crippen LogP contribution is 2.17. The molecule has 0 radical (unpaired) electrons. The summed E-state index contributed by atoms with van der Waals surface area (Å²) < 4.78 is 0. The third kappa shape index (κ3) is 3.68. The quantitative estimate of drug-likeness (QED) is 0.867. The van der Waals surface area contributed by atoms with E-state index in [1.54, 1.807) is 11.3 Å². The van der Waals surface area contributed by atoms with E-state index in [2.05, 4.69) is 23.6 Å². The van der Waals surface area contributed by atoms with Gasteiger partial charge in [0.15, 0.2) is 0 Å². The predicted octanol–water partition coefficient (Wildman–Crippen LogP) is 3.04. The van der Waals surface area contributed by atoms with Gasteiger partial charge in [0, 0.05) is 16.6 Å². The van der Waals surface area contributed by atoms with Crippen LogP contribution in [0.4, 0.5) is 5.69 Å². The Kier molecular flexibility index (Phi) is 4.50. The van der Waals surface area contributed by atoms with E-state index < -0.39 is 0 Å². The van der Waals surface area contributed by atoms with Gasteiger partial charge < -0.3 is 10.6 Å². The largest absolute Gasteiger partial charge is 0.325 e. The van der Waals surface area contributed by atoms with Gasteiger partial charge in [-0.05, 0) is 30.5 Å². The first-order chi connectivity index (χ1) is 8.75. The van der Waals surface area contributed by atoms with Gasteiger partial charge in [0.2, 0.25) is 5.91 Å². The van der Waals surface area contributed by atoms with Crippen molar-refractivity contribution in [2.24, 2.45) is 0 Å². The summed E-state index contributed by atoms with van der Waals surface area (Å²) in [5, 5.41) is 8.09. The first kappa shape index (κ1) is 12.8. The molecule has 0 aliphatic heterocycles. The van der Waals surface area contributed by atoms with Gasteiger partial charge >= 0.3 is 0 Å². The van der Waals surface area contributed by atoms with E-state index >= 15 is 0 Å². The Morgan fingerprint density at radius 2 is 2.00 bits per heavy atom. The SMILES string of the molecule is CC(NCC(=O)Nc1ccccc1)c1cccs1. The van der Waals surface area contributed by atoms with Crippen molar-refractivity contribution in [2.45, 2.75) is 13.0 Å². The average molecular weight is 260 g/mol. The number of thiophene rings is 1. The molecule has 0 spiro atoms. The zero-order valence-corrected chi connectivity index (χ0v) is 11.0. The summed E-state index contributed by atoms with van der Waals surface area (Å²) in [6, 6.07) is 13.8. The number of anilines is 1. The zero-order chi connectivity index (χ0) is 12.8. The highest BCUT2D eigenvalue weighted by Gasteiger charge is 2.08. The Bertz CT molecular complexity index is 482. The van der Waals surface area contributed by atoms with Crippen LogP contribution in [0.5, 0.6) is 0 Å². The maximum Gasteiger partial charge on any atom is 0.238 e. The Morgan fingerprint density at radius 1 is 1.22 bits per heavy atom. The van der Waals surface area contributed by atoms with Gasteiger partial charge in [-0.2, -0.15) is 0 Å². The van der Waals surface area contributed by atoms with Crippen LogP contribution in [-0.4, -0.2) is 12.5 Å². The molecule has 0 fully saturated rings. The summed E-state index contributed by atoms with van der Waals surface area (Å²) in [6.45, 7) is 2.37. The van der Waals surface area contributed by atoms with Crippen LogP contribution in [0, 0.1) is 0 Å².